The Hall–Kier alpha value is -1.99. The van der Waals surface area contributed by atoms with Crippen LogP contribution in [0.4, 0.5) is 5.69 Å². The maximum atomic E-state index is 10.4. The van der Waals surface area contributed by atoms with Crippen LogP contribution in [0.5, 0.6) is 5.75 Å². The summed E-state index contributed by atoms with van der Waals surface area (Å²) in [7, 11) is 0. The number of aliphatic hydroxyl groups excluding tert-OH is 1. The fraction of sp³-hybridized carbons (Fsp3) is 0.581. The summed E-state index contributed by atoms with van der Waals surface area (Å²) in [4.78, 5) is 10.4. The number of carbonyl (C=O) groups is 1. The van der Waals surface area contributed by atoms with Crippen LogP contribution in [0.25, 0.3) is 0 Å². The minimum Gasteiger partial charge on any atom is -0.550 e. The maximum absolute atomic E-state index is 10.4. The van der Waals surface area contributed by atoms with Crippen molar-refractivity contribution in [3.05, 3.63) is 57.6 Å². The number of carboxylic acid groups (broad SMARTS) is 1. The summed E-state index contributed by atoms with van der Waals surface area (Å²) < 4.78 is 6.09. The molecule has 0 aromatic heterocycles. The molecule has 0 fully saturated rings. The molecular formula is C31H45Cl2N2O4-. The van der Waals surface area contributed by atoms with E-state index in [0.717, 1.165) is 83.1 Å². The Balaban J connectivity index is 1.50. The van der Waals surface area contributed by atoms with E-state index < -0.39 is 12.1 Å². The largest absolute Gasteiger partial charge is 0.550 e. The van der Waals surface area contributed by atoms with Gasteiger partial charge in [0.15, 0.2) is 0 Å². The highest BCUT2D eigenvalue weighted by atomic mass is 35.5. The third-order valence-corrected chi connectivity index (χ3v) is 7.50. The first kappa shape index (κ1) is 33.2. The molecule has 8 heteroatoms. The molecule has 4 N–H and O–H groups in total. The van der Waals surface area contributed by atoms with Gasteiger partial charge in [0, 0.05) is 12.5 Å². The van der Waals surface area contributed by atoms with Crippen molar-refractivity contribution in [2.24, 2.45) is 0 Å². The molecule has 1 atom stereocenters. The number of nitrogens with two attached hydrogens (primary N) is 1. The Morgan fingerprint density at radius 2 is 1.49 bits per heavy atom. The van der Waals surface area contributed by atoms with Crippen LogP contribution in [0, 0.1) is 0 Å². The summed E-state index contributed by atoms with van der Waals surface area (Å²) in [5.74, 6) is 0.0621. The highest BCUT2D eigenvalue weighted by molar-refractivity contribution is 6.38. The van der Waals surface area contributed by atoms with Crippen molar-refractivity contribution in [1.29, 1.82) is 0 Å². The number of nitrogens with one attached hydrogen (secondary N) is 1. The number of aliphatic hydroxyl groups is 1. The van der Waals surface area contributed by atoms with E-state index in [2.05, 4.69) is 23.5 Å². The lowest BCUT2D eigenvalue weighted by molar-refractivity contribution is -0.305. The number of rotatable bonds is 22. The third kappa shape index (κ3) is 14.3. The van der Waals surface area contributed by atoms with E-state index in [4.69, 9.17) is 33.7 Å². The molecular weight excluding hydrogens is 535 g/mol. The van der Waals surface area contributed by atoms with Crippen LogP contribution in [0.2, 0.25) is 10.0 Å². The number of aliphatic carboxylic acids is 1. The Kier molecular flexibility index (Phi) is 17.0. The van der Waals surface area contributed by atoms with Crippen molar-refractivity contribution in [3.63, 3.8) is 0 Å². The normalized spacial score (nSPS) is 12.0. The maximum Gasteiger partial charge on any atom is 0.122 e. The summed E-state index contributed by atoms with van der Waals surface area (Å²) in [5.41, 5.74) is 8.03. The van der Waals surface area contributed by atoms with E-state index in [1.165, 1.54) is 24.8 Å². The standard InChI is InChI=1S/C31H46Cl2N2O4/c32-26-21-25(22-27(33)31(26)34)28(36)23-35-19-13-7-6-9-15-24-16-11-12-17-29(24)39-20-14-8-4-2-1-3-5-10-18-30(37)38/h11-12,16-17,21-22,28,35-36H,1-10,13-15,18-20,23,34H2,(H,37,38)/p-1. The molecule has 0 saturated carbocycles. The molecule has 0 aliphatic rings. The van der Waals surface area contributed by atoms with Crippen molar-refractivity contribution in [1.82, 2.24) is 5.32 Å². The van der Waals surface area contributed by atoms with Crippen LogP contribution in [0.1, 0.15) is 101 Å². The number of ether oxygens (including phenoxy) is 1. The van der Waals surface area contributed by atoms with Gasteiger partial charge in [0.1, 0.15) is 5.75 Å². The Labute approximate surface area is 244 Å². The summed E-state index contributed by atoms with van der Waals surface area (Å²) >= 11 is 12.1. The molecule has 0 saturated heterocycles. The average molecular weight is 581 g/mol. The molecule has 6 nitrogen and oxygen atoms in total. The van der Waals surface area contributed by atoms with Gasteiger partial charge in [0.2, 0.25) is 0 Å². The van der Waals surface area contributed by atoms with Gasteiger partial charge in [-0.2, -0.15) is 0 Å². The molecule has 2 aromatic carbocycles. The summed E-state index contributed by atoms with van der Waals surface area (Å²) in [6.45, 7) is 2.03. The number of hydrogen-bond acceptors (Lipinski definition) is 6. The second-order valence-electron chi connectivity index (χ2n) is 10.2. The van der Waals surface area contributed by atoms with Crippen molar-refractivity contribution >= 4 is 34.9 Å². The highest BCUT2D eigenvalue weighted by Gasteiger charge is 2.12. The van der Waals surface area contributed by atoms with Crippen LogP contribution >= 0.6 is 23.2 Å². The highest BCUT2D eigenvalue weighted by Crippen LogP contribution is 2.31. The van der Waals surface area contributed by atoms with Crippen molar-refractivity contribution in [2.45, 2.75) is 96.0 Å². The number of hydrogen-bond donors (Lipinski definition) is 3. The fourth-order valence-corrected chi connectivity index (χ4v) is 5.04. The molecule has 218 valence electrons. The van der Waals surface area contributed by atoms with E-state index in [9.17, 15) is 15.0 Å². The molecule has 1 unspecified atom stereocenters. The molecule has 0 aliphatic carbocycles. The van der Waals surface area contributed by atoms with Gasteiger partial charge < -0.3 is 30.8 Å². The van der Waals surface area contributed by atoms with E-state index in [1.54, 1.807) is 12.1 Å². The summed E-state index contributed by atoms with van der Waals surface area (Å²) in [6.07, 6.45) is 13.6. The van der Waals surface area contributed by atoms with Crippen LogP contribution < -0.4 is 20.9 Å². The Bertz CT molecular complexity index is 950. The van der Waals surface area contributed by atoms with E-state index in [1.807, 2.05) is 6.07 Å². The average Bonchev–Trinajstić information content (AvgIpc) is 2.91. The lowest BCUT2D eigenvalue weighted by atomic mass is 10.0. The number of carbonyl (C=O) groups excluding carboxylic acids is 1. The second-order valence-corrected chi connectivity index (χ2v) is 11.0. The molecule has 0 bridgehead atoms. The van der Waals surface area contributed by atoms with E-state index >= 15 is 0 Å². The zero-order valence-corrected chi connectivity index (χ0v) is 24.6. The smallest absolute Gasteiger partial charge is 0.122 e. The van der Waals surface area contributed by atoms with Crippen LogP contribution in [0.3, 0.4) is 0 Å². The lowest BCUT2D eigenvalue weighted by Gasteiger charge is -2.14. The number of unbranched alkanes of at least 4 members (excludes halogenated alkanes) is 10. The van der Waals surface area contributed by atoms with Crippen LogP contribution in [-0.4, -0.2) is 30.8 Å². The van der Waals surface area contributed by atoms with Gasteiger partial charge >= 0.3 is 0 Å². The Morgan fingerprint density at radius 1 is 0.897 bits per heavy atom. The van der Waals surface area contributed by atoms with Crippen LogP contribution in [-0.2, 0) is 11.2 Å². The van der Waals surface area contributed by atoms with Gasteiger partial charge in [-0.3, -0.25) is 0 Å². The molecule has 0 spiro atoms. The monoisotopic (exact) mass is 579 g/mol. The third-order valence-electron chi connectivity index (χ3n) is 6.88. The summed E-state index contributed by atoms with van der Waals surface area (Å²) in [6, 6.07) is 11.7. The number of nitrogen functional groups attached to an aromatic ring is 1. The van der Waals surface area contributed by atoms with Crippen molar-refractivity contribution in [2.75, 3.05) is 25.4 Å². The van der Waals surface area contributed by atoms with E-state index in [-0.39, 0.29) is 6.42 Å². The SMILES string of the molecule is Nc1c(Cl)cc(C(O)CNCCCCCCc2ccccc2OCCCCCCCCCCC(=O)[O-])cc1Cl. The van der Waals surface area contributed by atoms with Gasteiger partial charge in [0.05, 0.1) is 28.4 Å². The molecule has 0 radical (unpaired) electrons. The summed E-state index contributed by atoms with van der Waals surface area (Å²) in [5, 5.41) is 24.8. The first-order chi connectivity index (χ1) is 18.9. The van der Waals surface area contributed by atoms with Gasteiger partial charge in [0.25, 0.3) is 0 Å². The molecule has 39 heavy (non-hydrogen) atoms. The van der Waals surface area contributed by atoms with Gasteiger partial charge in [-0.25, -0.2) is 0 Å². The first-order valence-corrected chi connectivity index (χ1v) is 15.2. The van der Waals surface area contributed by atoms with Crippen molar-refractivity contribution < 1.29 is 19.7 Å². The lowest BCUT2D eigenvalue weighted by Crippen LogP contribution is -2.22. The Morgan fingerprint density at radius 3 is 2.18 bits per heavy atom. The van der Waals surface area contributed by atoms with Gasteiger partial charge in [-0.1, -0.05) is 92.8 Å². The zero-order valence-electron chi connectivity index (χ0n) is 23.1. The molecule has 0 heterocycles. The fourth-order valence-electron chi connectivity index (χ4n) is 4.54. The predicted octanol–water partition coefficient (Wildman–Crippen LogP) is 6.64. The molecule has 2 aromatic rings. The number of carboxylic acids is 1. The molecule has 0 aliphatic heterocycles. The van der Waals surface area contributed by atoms with Gasteiger partial charge in [-0.05, 0) is 74.4 Å². The van der Waals surface area contributed by atoms with E-state index in [0.29, 0.717) is 27.8 Å². The second kappa shape index (κ2) is 20.0. The molecule has 2 rings (SSSR count). The minimum absolute atomic E-state index is 0.183. The quantitative estimate of drug-likeness (QED) is 0.106. The number of para-hydroxylation sites is 1. The minimum atomic E-state index is -0.942. The zero-order chi connectivity index (χ0) is 28.3. The number of anilines is 1. The number of benzene rings is 2. The number of aryl methyl sites for hydroxylation is 1. The first-order valence-electron chi connectivity index (χ1n) is 14.4. The van der Waals surface area contributed by atoms with Gasteiger partial charge in [-0.15, -0.1) is 0 Å². The predicted molar refractivity (Wildman–Crippen MR) is 159 cm³/mol. The topological polar surface area (TPSA) is 108 Å². The van der Waals surface area contributed by atoms with Crippen molar-refractivity contribution in [3.8, 4) is 5.75 Å². The number of halogens is 2. The van der Waals surface area contributed by atoms with Crippen LogP contribution in [0.15, 0.2) is 36.4 Å². The molecule has 0 amide bonds.